The van der Waals surface area contributed by atoms with Crippen molar-refractivity contribution in [2.24, 2.45) is 4.99 Å². The average molecular weight is 439 g/mol. The quantitative estimate of drug-likeness (QED) is 0.562. The van der Waals surface area contributed by atoms with E-state index in [2.05, 4.69) is 17.1 Å². The molecule has 164 valence electrons. The summed E-state index contributed by atoms with van der Waals surface area (Å²) in [5.41, 5.74) is 1.94. The molecule has 0 fully saturated rings. The molecule has 2 aromatic carbocycles. The SMILES string of the molecule is O=C(O)C1=CC2CN1C=CN=COCC=CC=Cc1ccc3c(c1)c(nc1ccccc13)O2. The zero-order valence-corrected chi connectivity index (χ0v) is 17.7. The van der Waals surface area contributed by atoms with E-state index in [9.17, 15) is 9.90 Å². The van der Waals surface area contributed by atoms with Crippen LogP contribution in [0, 0.1) is 0 Å². The zero-order valence-electron chi connectivity index (χ0n) is 17.7. The number of para-hydroxylation sites is 1. The predicted molar refractivity (Wildman–Crippen MR) is 128 cm³/mol. The van der Waals surface area contributed by atoms with Gasteiger partial charge >= 0.3 is 5.97 Å². The summed E-state index contributed by atoms with van der Waals surface area (Å²) in [6, 6.07) is 14.1. The molecular formula is C26H21N3O4. The minimum Gasteiger partial charge on any atom is -0.479 e. The second-order valence-electron chi connectivity index (χ2n) is 7.58. The summed E-state index contributed by atoms with van der Waals surface area (Å²) in [5.74, 6) is -0.565. The first-order chi connectivity index (χ1) is 16.2. The van der Waals surface area contributed by atoms with Gasteiger partial charge in [-0.2, -0.15) is 0 Å². The van der Waals surface area contributed by atoms with Gasteiger partial charge in [0.25, 0.3) is 0 Å². The van der Waals surface area contributed by atoms with Crippen molar-refractivity contribution in [2.45, 2.75) is 6.10 Å². The smallest absolute Gasteiger partial charge is 0.352 e. The number of carboxylic acid groups (broad SMARTS) is 1. The maximum absolute atomic E-state index is 11.8. The highest BCUT2D eigenvalue weighted by Crippen LogP contribution is 2.33. The molecule has 0 amide bonds. The van der Waals surface area contributed by atoms with E-state index in [-0.39, 0.29) is 5.70 Å². The summed E-state index contributed by atoms with van der Waals surface area (Å²) < 4.78 is 11.6. The summed E-state index contributed by atoms with van der Waals surface area (Å²) in [6.45, 7) is 0.701. The molecule has 2 aliphatic heterocycles. The molecule has 0 saturated carbocycles. The standard InChI is InChI=1S/C26H21N3O4/c30-26(31)24-15-19-16-29(24)12-11-27-17-32-13-5-1-2-6-18-9-10-20-21-7-3-4-8-23(21)28-25(33-19)22(20)14-18/h1-12,14-15,17,19H,13,16H2,(H,30,31). The first-order valence-corrected chi connectivity index (χ1v) is 10.5. The van der Waals surface area contributed by atoms with E-state index < -0.39 is 12.1 Å². The van der Waals surface area contributed by atoms with Crippen LogP contribution in [-0.2, 0) is 9.53 Å². The number of aliphatic carboxylic acids is 1. The Bertz CT molecular complexity index is 1370. The Labute approximate surface area is 190 Å². The number of allylic oxidation sites excluding steroid dienone is 2. The highest BCUT2D eigenvalue weighted by atomic mass is 16.5. The summed E-state index contributed by atoms with van der Waals surface area (Å²) in [4.78, 5) is 22.2. The second-order valence-corrected chi connectivity index (χ2v) is 7.58. The van der Waals surface area contributed by atoms with Gasteiger partial charge in [0.15, 0.2) is 6.40 Å². The van der Waals surface area contributed by atoms with Crippen molar-refractivity contribution in [2.75, 3.05) is 13.2 Å². The van der Waals surface area contributed by atoms with Crippen molar-refractivity contribution in [3.05, 3.63) is 90.4 Å². The Morgan fingerprint density at radius 2 is 2.00 bits per heavy atom. The van der Waals surface area contributed by atoms with Gasteiger partial charge in [-0.3, -0.25) is 0 Å². The number of pyridine rings is 1. The van der Waals surface area contributed by atoms with E-state index >= 15 is 0 Å². The number of nitrogens with zero attached hydrogens (tertiary/aromatic N) is 3. The van der Waals surface area contributed by atoms with Crippen LogP contribution in [0.1, 0.15) is 5.56 Å². The van der Waals surface area contributed by atoms with Gasteiger partial charge in [-0.1, -0.05) is 48.6 Å². The molecule has 0 spiro atoms. The number of fused-ring (bicyclic) bond motifs is 5. The molecule has 1 N–H and O–H groups in total. The predicted octanol–water partition coefficient (Wildman–Crippen LogP) is 4.52. The van der Waals surface area contributed by atoms with Gasteiger partial charge in [0.2, 0.25) is 5.88 Å². The van der Waals surface area contributed by atoms with E-state index in [1.54, 1.807) is 17.2 Å². The van der Waals surface area contributed by atoms with Crippen LogP contribution in [0.15, 0.2) is 89.9 Å². The van der Waals surface area contributed by atoms with Gasteiger partial charge in [-0.15, -0.1) is 0 Å². The number of hydrogen-bond donors (Lipinski definition) is 1. The molecule has 5 rings (SSSR count). The monoisotopic (exact) mass is 439 g/mol. The van der Waals surface area contributed by atoms with E-state index in [1.807, 2.05) is 54.6 Å². The molecule has 3 aromatic rings. The number of aromatic nitrogens is 1. The second kappa shape index (κ2) is 9.00. The number of carbonyl (C=O) groups is 1. The van der Waals surface area contributed by atoms with Crippen molar-refractivity contribution < 1.29 is 19.4 Å². The third-order valence-electron chi connectivity index (χ3n) is 5.40. The Morgan fingerprint density at radius 1 is 1.09 bits per heavy atom. The van der Waals surface area contributed by atoms with Crippen LogP contribution in [-0.4, -0.2) is 46.6 Å². The normalized spacial score (nSPS) is 18.1. The highest BCUT2D eigenvalue weighted by molar-refractivity contribution is 6.08. The lowest BCUT2D eigenvalue weighted by Crippen LogP contribution is -2.24. The van der Waals surface area contributed by atoms with Crippen LogP contribution in [0.4, 0.5) is 0 Å². The Hall–Kier alpha value is -4.39. The number of carboxylic acids is 1. The fraction of sp³-hybridized carbons (Fsp3) is 0.115. The molecule has 0 radical (unpaired) electrons. The summed E-state index contributed by atoms with van der Waals surface area (Å²) in [7, 11) is 0. The van der Waals surface area contributed by atoms with Crippen molar-refractivity contribution >= 4 is 40.1 Å². The Balaban J connectivity index is 1.63. The van der Waals surface area contributed by atoms with Crippen LogP contribution in [0.5, 0.6) is 5.88 Å². The van der Waals surface area contributed by atoms with Gasteiger partial charge in [0, 0.05) is 23.2 Å². The maximum Gasteiger partial charge on any atom is 0.352 e. The zero-order chi connectivity index (χ0) is 22.6. The van der Waals surface area contributed by atoms with E-state index in [1.165, 1.54) is 12.6 Å². The van der Waals surface area contributed by atoms with Crippen LogP contribution < -0.4 is 4.74 Å². The van der Waals surface area contributed by atoms with Crippen LogP contribution in [0.25, 0.3) is 27.8 Å². The fourth-order valence-electron chi connectivity index (χ4n) is 3.90. The highest BCUT2D eigenvalue weighted by Gasteiger charge is 2.28. The fourth-order valence-corrected chi connectivity index (χ4v) is 3.90. The third kappa shape index (κ3) is 4.34. The maximum atomic E-state index is 11.8. The first kappa shape index (κ1) is 20.5. The molecule has 0 saturated heterocycles. The number of aliphatic imine (C=N–C) groups is 1. The van der Waals surface area contributed by atoms with Gasteiger partial charge in [-0.25, -0.2) is 14.8 Å². The third-order valence-corrected chi connectivity index (χ3v) is 5.40. The number of hydrogen-bond acceptors (Lipinski definition) is 6. The molecule has 2 aliphatic rings. The van der Waals surface area contributed by atoms with Gasteiger partial charge < -0.3 is 19.5 Å². The molecule has 7 nitrogen and oxygen atoms in total. The van der Waals surface area contributed by atoms with Gasteiger partial charge in [0.05, 0.1) is 12.1 Å². The van der Waals surface area contributed by atoms with Crippen LogP contribution in [0.3, 0.4) is 0 Å². The van der Waals surface area contributed by atoms with Crippen LogP contribution >= 0.6 is 0 Å². The molecule has 7 heteroatoms. The minimum absolute atomic E-state index is 0.127. The summed E-state index contributed by atoms with van der Waals surface area (Å²) in [5, 5.41) is 12.6. The molecule has 1 atom stereocenters. The van der Waals surface area contributed by atoms with Gasteiger partial charge in [-0.05, 0) is 35.2 Å². The molecule has 0 aliphatic carbocycles. The van der Waals surface area contributed by atoms with E-state index in [4.69, 9.17) is 14.5 Å². The average Bonchev–Trinajstić information content (AvgIpc) is 3.22. The molecule has 1 aromatic heterocycles. The van der Waals surface area contributed by atoms with Crippen molar-refractivity contribution in [1.82, 2.24) is 9.88 Å². The number of benzene rings is 2. The van der Waals surface area contributed by atoms with E-state index in [0.717, 1.165) is 27.2 Å². The molecule has 1 unspecified atom stereocenters. The number of rotatable bonds is 1. The molecule has 3 heterocycles. The Kier molecular flexibility index (Phi) is 5.59. The lowest BCUT2D eigenvalue weighted by Gasteiger charge is -2.18. The minimum atomic E-state index is -1.04. The summed E-state index contributed by atoms with van der Waals surface area (Å²) in [6.07, 6.45) is 13.2. The van der Waals surface area contributed by atoms with Crippen molar-refractivity contribution in [1.29, 1.82) is 0 Å². The lowest BCUT2D eigenvalue weighted by atomic mass is 10.0. The first-order valence-electron chi connectivity index (χ1n) is 10.5. The molecule has 4 bridgehead atoms. The topological polar surface area (TPSA) is 84.2 Å². The molecular weight excluding hydrogens is 418 g/mol. The van der Waals surface area contributed by atoms with E-state index in [0.29, 0.717) is 19.0 Å². The Morgan fingerprint density at radius 3 is 2.91 bits per heavy atom. The van der Waals surface area contributed by atoms with Gasteiger partial charge in [0.1, 0.15) is 18.4 Å². The summed E-state index contributed by atoms with van der Waals surface area (Å²) >= 11 is 0. The lowest BCUT2D eigenvalue weighted by molar-refractivity contribution is -0.133. The van der Waals surface area contributed by atoms with Crippen molar-refractivity contribution in [3.8, 4) is 5.88 Å². The van der Waals surface area contributed by atoms with Crippen molar-refractivity contribution in [3.63, 3.8) is 0 Å². The molecule has 33 heavy (non-hydrogen) atoms. The largest absolute Gasteiger partial charge is 0.479 e. The number of ether oxygens (including phenoxy) is 2. The van der Waals surface area contributed by atoms with Crippen LogP contribution in [0.2, 0.25) is 0 Å².